The van der Waals surface area contributed by atoms with Crippen LogP contribution in [0.1, 0.15) is 31.2 Å². The lowest BCUT2D eigenvalue weighted by Gasteiger charge is -2.36. The van der Waals surface area contributed by atoms with Crippen molar-refractivity contribution in [3.8, 4) is 0 Å². The predicted molar refractivity (Wildman–Crippen MR) is 65.9 cm³/mol. The molecule has 1 aromatic carbocycles. The fraction of sp³-hybridized carbons (Fsp3) is 0.500. The Bertz CT molecular complexity index is 345. The average Bonchev–Trinajstić information content (AvgIpc) is 2.16. The van der Waals surface area contributed by atoms with Gasteiger partial charge in [0.25, 0.3) is 0 Å². The number of rotatable bonds is 3. The molecule has 0 aliphatic heterocycles. The minimum atomic E-state index is 0.642. The molecule has 0 amide bonds. The van der Waals surface area contributed by atoms with Gasteiger partial charge in [0.05, 0.1) is 10.0 Å². The largest absolute Gasteiger partial charge is 0.314 e. The second kappa shape index (κ2) is 4.73. The highest BCUT2D eigenvalue weighted by Crippen LogP contribution is 2.38. The first-order valence-electron chi connectivity index (χ1n) is 5.39. The molecule has 0 spiro atoms. The summed E-state index contributed by atoms with van der Waals surface area (Å²) in [5.41, 5.74) is 1.32. The predicted octanol–water partition coefficient (Wildman–Crippen LogP) is 3.85. The summed E-state index contributed by atoms with van der Waals surface area (Å²) in [6.45, 7) is 3.20. The molecule has 15 heavy (non-hydrogen) atoms. The van der Waals surface area contributed by atoms with Crippen LogP contribution in [-0.4, -0.2) is 12.6 Å². The van der Waals surface area contributed by atoms with Gasteiger partial charge in [0.1, 0.15) is 0 Å². The van der Waals surface area contributed by atoms with Crippen LogP contribution >= 0.6 is 23.2 Å². The van der Waals surface area contributed by atoms with Crippen molar-refractivity contribution in [3.05, 3.63) is 33.8 Å². The maximum Gasteiger partial charge on any atom is 0.0595 e. The van der Waals surface area contributed by atoms with Gasteiger partial charge in [-0.05, 0) is 43.0 Å². The number of hydrogen-bond donors (Lipinski definition) is 1. The SMILES string of the molecule is CCNC1CC(c2ccc(Cl)c(Cl)c2)C1. The van der Waals surface area contributed by atoms with Crippen molar-refractivity contribution in [3.63, 3.8) is 0 Å². The van der Waals surface area contributed by atoms with Gasteiger partial charge >= 0.3 is 0 Å². The molecule has 2 rings (SSSR count). The summed E-state index contributed by atoms with van der Waals surface area (Å²) >= 11 is 11.9. The van der Waals surface area contributed by atoms with E-state index in [9.17, 15) is 0 Å². The van der Waals surface area contributed by atoms with Crippen LogP contribution in [0.3, 0.4) is 0 Å². The van der Waals surface area contributed by atoms with E-state index < -0.39 is 0 Å². The summed E-state index contributed by atoms with van der Waals surface area (Å²) in [7, 11) is 0. The topological polar surface area (TPSA) is 12.0 Å². The fourth-order valence-corrected chi connectivity index (χ4v) is 2.42. The summed E-state index contributed by atoms with van der Waals surface area (Å²) < 4.78 is 0. The van der Waals surface area contributed by atoms with Gasteiger partial charge in [-0.2, -0.15) is 0 Å². The molecule has 1 nitrogen and oxygen atoms in total. The number of halogens is 2. The van der Waals surface area contributed by atoms with Crippen LogP contribution in [0.5, 0.6) is 0 Å². The molecule has 0 aromatic heterocycles. The van der Waals surface area contributed by atoms with Gasteiger partial charge in [0.15, 0.2) is 0 Å². The molecule has 1 N–H and O–H groups in total. The summed E-state index contributed by atoms with van der Waals surface area (Å²) in [5.74, 6) is 0.656. The molecule has 0 radical (unpaired) electrons. The van der Waals surface area contributed by atoms with Crippen LogP contribution < -0.4 is 5.32 Å². The maximum atomic E-state index is 5.99. The number of benzene rings is 1. The van der Waals surface area contributed by atoms with Crippen molar-refractivity contribution in [1.82, 2.24) is 5.32 Å². The summed E-state index contributed by atoms with van der Waals surface area (Å²) in [5, 5.41) is 4.76. The molecular formula is C12H15Cl2N. The van der Waals surface area contributed by atoms with E-state index in [-0.39, 0.29) is 0 Å². The third kappa shape index (κ3) is 2.47. The van der Waals surface area contributed by atoms with Crippen molar-refractivity contribution < 1.29 is 0 Å². The van der Waals surface area contributed by atoms with E-state index in [0.717, 1.165) is 6.54 Å². The first-order chi connectivity index (χ1) is 7.20. The normalized spacial score (nSPS) is 25.0. The highest BCUT2D eigenvalue weighted by molar-refractivity contribution is 6.42. The second-order valence-electron chi connectivity index (χ2n) is 4.10. The molecule has 1 aromatic rings. The van der Waals surface area contributed by atoms with Gasteiger partial charge < -0.3 is 5.32 Å². The summed E-state index contributed by atoms with van der Waals surface area (Å²) in [6.07, 6.45) is 2.43. The van der Waals surface area contributed by atoms with Gasteiger partial charge in [-0.3, -0.25) is 0 Å². The Morgan fingerprint density at radius 3 is 2.60 bits per heavy atom. The molecule has 0 bridgehead atoms. The van der Waals surface area contributed by atoms with Gasteiger partial charge in [0.2, 0.25) is 0 Å². The van der Waals surface area contributed by atoms with Crippen molar-refractivity contribution >= 4 is 23.2 Å². The summed E-state index contributed by atoms with van der Waals surface area (Å²) in [4.78, 5) is 0. The molecule has 1 aliphatic rings. The Balaban J connectivity index is 1.98. The summed E-state index contributed by atoms with van der Waals surface area (Å²) in [6, 6.07) is 6.66. The van der Waals surface area contributed by atoms with E-state index in [0.29, 0.717) is 22.0 Å². The van der Waals surface area contributed by atoms with Crippen molar-refractivity contribution in [2.75, 3.05) is 6.54 Å². The van der Waals surface area contributed by atoms with Gasteiger partial charge in [-0.1, -0.05) is 36.2 Å². The smallest absolute Gasteiger partial charge is 0.0595 e. The molecule has 0 unspecified atom stereocenters. The van der Waals surface area contributed by atoms with E-state index in [1.807, 2.05) is 12.1 Å². The fourth-order valence-electron chi connectivity index (χ4n) is 2.11. The van der Waals surface area contributed by atoms with Crippen LogP contribution in [0.2, 0.25) is 10.0 Å². The van der Waals surface area contributed by atoms with Gasteiger partial charge in [0, 0.05) is 6.04 Å². The molecule has 3 heteroatoms. The number of nitrogens with one attached hydrogen (secondary N) is 1. The standard InChI is InChI=1S/C12H15Cl2N/c1-2-15-10-5-9(6-10)8-3-4-11(13)12(14)7-8/h3-4,7,9-10,15H,2,5-6H2,1H3. The zero-order chi connectivity index (χ0) is 10.8. The Morgan fingerprint density at radius 2 is 2.00 bits per heavy atom. The molecule has 1 saturated carbocycles. The molecular weight excluding hydrogens is 229 g/mol. The Hall–Kier alpha value is -0.240. The zero-order valence-electron chi connectivity index (χ0n) is 8.76. The first-order valence-corrected chi connectivity index (χ1v) is 6.14. The van der Waals surface area contributed by atoms with Crippen LogP contribution in [0.4, 0.5) is 0 Å². The molecule has 1 aliphatic carbocycles. The lowest BCUT2D eigenvalue weighted by molar-refractivity contribution is 0.296. The van der Waals surface area contributed by atoms with E-state index in [4.69, 9.17) is 23.2 Å². The Labute approximate surface area is 101 Å². The minimum absolute atomic E-state index is 0.642. The van der Waals surface area contributed by atoms with Crippen LogP contribution in [0, 0.1) is 0 Å². The lowest BCUT2D eigenvalue weighted by atomic mass is 9.76. The van der Waals surface area contributed by atoms with Crippen molar-refractivity contribution in [2.24, 2.45) is 0 Å². The third-order valence-electron chi connectivity index (χ3n) is 3.05. The highest BCUT2D eigenvalue weighted by atomic mass is 35.5. The molecule has 1 fully saturated rings. The second-order valence-corrected chi connectivity index (χ2v) is 4.91. The highest BCUT2D eigenvalue weighted by Gasteiger charge is 2.29. The lowest BCUT2D eigenvalue weighted by Crippen LogP contribution is -2.39. The van der Waals surface area contributed by atoms with Gasteiger partial charge in [-0.15, -0.1) is 0 Å². The van der Waals surface area contributed by atoms with Crippen LogP contribution in [-0.2, 0) is 0 Å². The van der Waals surface area contributed by atoms with Crippen LogP contribution in [0.15, 0.2) is 18.2 Å². The van der Waals surface area contributed by atoms with Crippen LogP contribution in [0.25, 0.3) is 0 Å². The Kier molecular flexibility index (Phi) is 3.55. The van der Waals surface area contributed by atoms with E-state index >= 15 is 0 Å². The first kappa shape index (κ1) is 11.3. The van der Waals surface area contributed by atoms with E-state index in [1.54, 1.807) is 0 Å². The average molecular weight is 244 g/mol. The number of hydrogen-bond acceptors (Lipinski definition) is 1. The molecule has 0 saturated heterocycles. The van der Waals surface area contributed by atoms with E-state index in [2.05, 4.69) is 18.3 Å². The zero-order valence-corrected chi connectivity index (χ0v) is 10.3. The monoisotopic (exact) mass is 243 g/mol. The maximum absolute atomic E-state index is 5.99. The van der Waals surface area contributed by atoms with Crippen molar-refractivity contribution in [2.45, 2.75) is 31.7 Å². The molecule has 82 valence electrons. The van der Waals surface area contributed by atoms with Gasteiger partial charge in [-0.25, -0.2) is 0 Å². The minimum Gasteiger partial charge on any atom is -0.314 e. The molecule has 0 atom stereocenters. The van der Waals surface area contributed by atoms with Crippen molar-refractivity contribution in [1.29, 1.82) is 0 Å². The van der Waals surface area contributed by atoms with E-state index in [1.165, 1.54) is 18.4 Å². The third-order valence-corrected chi connectivity index (χ3v) is 3.78. The molecule has 0 heterocycles. The quantitative estimate of drug-likeness (QED) is 0.851. The Morgan fingerprint density at radius 1 is 1.27 bits per heavy atom.